The second-order valence-electron chi connectivity index (χ2n) is 4.39. The Morgan fingerprint density at radius 1 is 1.42 bits per heavy atom. The van der Waals surface area contributed by atoms with Gasteiger partial charge in [0.25, 0.3) is 5.91 Å². The van der Waals surface area contributed by atoms with Gasteiger partial charge in [0.15, 0.2) is 0 Å². The Balaban J connectivity index is 3.02. The summed E-state index contributed by atoms with van der Waals surface area (Å²) in [4.78, 5) is 11.7. The number of carbonyl (C=O) groups excluding carboxylic acids is 1. The van der Waals surface area contributed by atoms with Crippen LogP contribution in [0, 0.1) is 6.92 Å². The summed E-state index contributed by atoms with van der Waals surface area (Å²) >= 11 is 1.82. The van der Waals surface area contributed by atoms with E-state index in [-0.39, 0.29) is 15.7 Å². The van der Waals surface area contributed by atoms with Gasteiger partial charge in [-0.1, -0.05) is 28.7 Å². The van der Waals surface area contributed by atoms with Crippen LogP contribution >= 0.6 is 22.6 Å². The van der Waals surface area contributed by atoms with E-state index in [2.05, 4.69) is 5.32 Å². The van der Waals surface area contributed by atoms with Crippen LogP contribution in [-0.4, -0.2) is 21.0 Å². The highest BCUT2D eigenvalue weighted by molar-refractivity contribution is 14.1. The number of hydrogen-bond donors (Lipinski definition) is 2. The van der Waals surface area contributed by atoms with Crippen molar-refractivity contribution in [2.75, 3.05) is 9.74 Å². The first-order valence-electron chi connectivity index (χ1n) is 5.35. The summed E-state index contributed by atoms with van der Waals surface area (Å²) in [6.45, 7) is 2.64. The third-order valence-electron chi connectivity index (χ3n) is 2.55. The first-order chi connectivity index (χ1) is 8.58. The van der Waals surface area contributed by atoms with Crippen molar-refractivity contribution >= 4 is 34.2 Å². The number of carbonyl (C=O) groups is 1. The van der Waals surface area contributed by atoms with Crippen LogP contribution in [0.15, 0.2) is 18.2 Å². The molecule has 1 aromatic rings. The van der Waals surface area contributed by atoms with Gasteiger partial charge in [0, 0.05) is 10.1 Å². The van der Waals surface area contributed by atoms with Crippen LogP contribution in [0.5, 0.6) is 0 Å². The zero-order valence-corrected chi connectivity index (χ0v) is 12.5. The molecular weight excluding hydrogens is 374 g/mol. The molecule has 0 fully saturated rings. The van der Waals surface area contributed by atoms with E-state index in [0.29, 0.717) is 0 Å². The van der Waals surface area contributed by atoms with E-state index in [1.54, 1.807) is 0 Å². The lowest BCUT2D eigenvalue weighted by Crippen LogP contribution is -2.41. The standard InChI is InChI=1S/C12H13F3INO2/c1-7-3-4-8(5-9(7)12(13,14)15)17-10(18)11(2,19)6-16/h3-5,19H,6H2,1-2H3,(H,17,18). The zero-order valence-electron chi connectivity index (χ0n) is 10.3. The third kappa shape index (κ3) is 4.07. The number of alkyl halides is 4. The molecule has 1 rings (SSSR count). The Bertz CT molecular complexity index is 486. The van der Waals surface area contributed by atoms with Crippen LogP contribution in [-0.2, 0) is 11.0 Å². The molecule has 0 heterocycles. The van der Waals surface area contributed by atoms with Crippen molar-refractivity contribution in [3.8, 4) is 0 Å². The summed E-state index contributed by atoms with van der Waals surface area (Å²) < 4.78 is 38.2. The molecule has 106 valence electrons. The van der Waals surface area contributed by atoms with Gasteiger partial charge in [-0.2, -0.15) is 13.2 Å². The number of benzene rings is 1. The van der Waals surface area contributed by atoms with Crippen molar-refractivity contribution in [2.24, 2.45) is 0 Å². The van der Waals surface area contributed by atoms with Gasteiger partial charge < -0.3 is 10.4 Å². The van der Waals surface area contributed by atoms with Crippen LogP contribution in [0.3, 0.4) is 0 Å². The number of aliphatic hydroxyl groups is 1. The van der Waals surface area contributed by atoms with Gasteiger partial charge >= 0.3 is 6.18 Å². The normalized spacial score (nSPS) is 14.9. The van der Waals surface area contributed by atoms with Crippen molar-refractivity contribution in [3.63, 3.8) is 0 Å². The van der Waals surface area contributed by atoms with Crippen molar-refractivity contribution in [1.29, 1.82) is 0 Å². The van der Waals surface area contributed by atoms with Gasteiger partial charge in [-0.3, -0.25) is 4.79 Å². The minimum atomic E-state index is -4.48. The van der Waals surface area contributed by atoms with E-state index in [4.69, 9.17) is 0 Å². The first-order valence-corrected chi connectivity index (χ1v) is 6.88. The lowest BCUT2D eigenvalue weighted by Gasteiger charge is -2.20. The van der Waals surface area contributed by atoms with E-state index in [1.807, 2.05) is 22.6 Å². The van der Waals surface area contributed by atoms with E-state index < -0.39 is 23.2 Å². The molecule has 19 heavy (non-hydrogen) atoms. The molecule has 0 bridgehead atoms. The summed E-state index contributed by atoms with van der Waals surface area (Å²) in [6.07, 6.45) is -4.48. The number of amides is 1. The van der Waals surface area contributed by atoms with E-state index >= 15 is 0 Å². The zero-order chi connectivity index (χ0) is 14.8. The molecule has 0 saturated heterocycles. The maximum absolute atomic E-state index is 12.7. The predicted octanol–water partition coefficient (Wildman–Crippen LogP) is 3.14. The van der Waals surface area contributed by atoms with Crippen LogP contribution in [0.1, 0.15) is 18.1 Å². The largest absolute Gasteiger partial charge is 0.416 e. The highest BCUT2D eigenvalue weighted by atomic mass is 127. The first kappa shape index (κ1) is 16.2. The van der Waals surface area contributed by atoms with Crippen LogP contribution in [0.25, 0.3) is 0 Å². The van der Waals surface area contributed by atoms with Crippen LogP contribution < -0.4 is 5.32 Å². The third-order valence-corrected chi connectivity index (χ3v) is 4.04. The fraction of sp³-hybridized carbons (Fsp3) is 0.417. The molecule has 1 aromatic carbocycles. The Morgan fingerprint density at radius 3 is 2.47 bits per heavy atom. The Morgan fingerprint density at radius 2 is 2.00 bits per heavy atom. The molecule has 1 unspecified atom stereocenters. The minimum Gasteiger partial charge on any atom is -0.379 e. The quantitative estimate of drug-likeness (QED) is 0.619. The van der Waals surface area contributed by atoms with E-state index in [9.17, 15) is 23.1 Å². The Kier molecular flexibility index (Phi) is 4.83. The average Bonchev–Trinajstić information content (AvgIpc) is 2.30. The molecule has 7 heteroatoms. The maximum atomic E-state index is 12.7. The number of anilines is 1. The molecule has 1 amide bonds. The molecular formula is C12H13F3INO2. The SMILES string of the molecule is Cc1ccc(NC(=O)C(C)(O)CI)cc1C(F)(F)F. The predicted molar refractivity (Wildman–Crippen MR) is 74.3 cm³/mol. The molecule has 0 saturated carbocycles. The van der Waals surface area contributed by atoms with Crippen LogP contribution in [0.4, 0.5) is 18.9 Å². The molecule has 2 N–H and O–H groups in total. The number of nitrogens with one attached hydrogen (secondary N) is 1. The van der Waals surface area contributed by atoms with E-state index in [1.165, 1.54) is 26.0 Å². The number of hydrogen-bond acceptors (Lipinski definition) is 2. The molecule has 0 aromatic heterocycles. The molecule has 0 radical (unpaired) electrons. The fourth-order valence-corrected chi connectivity index (χ4v) is 1.68. The highest BCUT2D eigenvalue weighted by Crippen LogP contribution is 2.33. The van der Waals surface area contributed by atoms with Gasteiger partial charge in [0.05, 0.1) is 5.56 Å². The second kappa shape index (κ2) is 5.66. The molecule has 0 aliphatic carbocycles. The lowest BCUT2D eigenvalue weighted by atomic mass is 10.1. The van der Waals surface area contributed by atoms with Gasteiger partial charge in [-0.15, -0.1) is 0 Å². The molecule has 3 nitrogen and oxygen atoms in total. The minimum absolute atomic E-state index is 0.00745. The topological polar surface area (TPSA) is 49.3 Å². The van der Waals surface area contributed by atoms with Crippen molar-refractivity contribution in [1.82, 2.24) is 0 Å². The van der Waals surface area contributed by atoms with Crippen molar-refractivity contribution in [2.45, 2.75) is 25.6 Å². The van der Waals surface area contributed by atoms with Gasteiger partial charge in [0.1, 0.15) is 5.60 Å². The number of aryl methyl sites for hydroxylation is 1. The number of halogens is 4. The van der Waals surface area contributed by atoms with Crippen molar-refractivity contribution in [3.05, 3.63) is 29.3 Å². The highest BCUT2D eigenvalue weighted by Gasteiger charge is 2.33. The maximum Gasteiger partial charge on any atom is 0.416 e. The summed E-state index contributed by atoms with van der Waals surface area (Å²) in [7, 11) is 0. The number of rotatable bonds is 3. The van der Waals surface area contributed by atoms with Crippen molar-refractivity contribution < 1.29 is 23.1 Å². The Labute approximate surface area is 122 Å². The average molecular weight is 387 g/mol. The lowest BCUT2D eigenvalue weighted by molar-refractivity contribution is -0.138. The summed E-state index contributed by atoms with van der Waals surface area (Å²) in [6, 6.07) is 3.50. The molecule has 0 aliphatic rings. The molecule has 1 atom stereocenters. The second-order valence-corrected chi connectivity index (χ2v) is 5.15. The van der Waals surface area contributed by atoms with Gasteiger partial charge in [0.2, 0.25) is 0 Å². The summed E-state index contributed by atoms with van der Waals surface area (Å²) in [5, 5.41) is 12.0. The fourth-order valence-electron chi connectivity index (χ4n) is 1.33. The summed E-state index contributed by atoms with van der Waals surface area (Å²) in [5.41, 5.74) is -2.34. The molecule has 0 spiro atoms. The smallest absolute Gasteiger partial charge is 0.379 e. The van der Waals surface area contributed by atoms with Crippen LogP contribution in [0.2, 0.25) is 0 Å². The monoisotopic (exact) mass is 387 g/mol. The van der Waals surface area contributed by atoms with Gasteiger partial charge in [-0.05, 0) is 31.5 Å². The van der Waals surface area contributed by atoms with Gasteiger partial charge in [-0.25, -0.2) is 0 Å². The Hall–Kier alpha value is -0.830. The summed E-state index contributed by atoms with van der Waals surface area (Å²) in [5.74, 6) is -0.737. The molecule has 0 aliphatic heterocycles. The van der Waals surface area contributed by atoms with E-state index in [0.717, 1.165) is 6.07 Å².